The van der Waals surface area contributed by atoms with Gasteiger partial charge in [0.1, 0.15) is 0 Å². The maximum atomic E-state index is 11.6. The second-order valence-corrected chi connectivity index (χ2v) is 5.61. The van der Waals surface area contributed by atoms with Crippen LogP contribution in [0.2, 0.25) is 0 Å². The molecule has 0 fully saturated rings. The molecule has 2 N–H and O–H groups in total. The molecule has 0 radical (unpaired) electrons. The first-order valence-corrected chi connectivity index (χ1v) is 7.46. The van der Waals surface area contributed by atoms with E-state index in [1.807, 2.05) is 12.1 Å². The highest BCUT2D eigenvalue weighted by Crippen LogP contribution is 2.32. The summed E-state index contributed by atoms with van der Waals surface area (Å²) in [6, 6.07) is 8.34. The molecule has 2 rings (SSSR count). The second kappa shape index (κ2) is 6.61. The Labute approximate surface area is 116 Å². The number of benzene rings is 1. The van der Waals surface area contributed by atoms with Gasteiger partial charge in [-0.05, 0) is 24.0 Å². The zero-order chi connectivity index (χ0) is 13.7. The molecule has 19 heavy (non-hydrogen) atoms. The van der Waals surface area contributed by atoms with E-state index in [0.717, 1.165) is 24.6 Å². The van der Waals surface area contributed by atoms with Gasteiger partial charge in [0.05, 0.1) is 11.5 Å². The van der Waals surface area contributed by atoms with Crippen LogP contribution < -0.4 is 5.32 Å². The van der Waals surface area contributed by atoms with Crippen LogP contribution in [0.3, 0.4) is 0 Å². The number of amides is 1. The summed E-state index contributed by atoms with van der Waals surface area (Å²) in [6.45, 7) is 0.642. The number of aliphatic carboxylic acids is 1. The number of aryl methyl sites for hydroxylation is 1. The van der Waals surface area contributed by atoms with Crippen LogP contribution in [0.5, 0.6) is 0 Å². The van der Waals surface area contributed by atoms with Crippen molar-refractivity contribution in [1.29, 1.82) is 0 Å². The van der Waals surface area contributed by atoms with Crippen LogP contribution in [0, 0.1) is 0 Å². The van der Waals surface area contributed by atoms with Crippen molar-refractivity contribution in [1.82, 2.24) is 5.32 Å². The number of fused-ring (bicyclic) bond motifs is 1. The Morgan fingerprint density at radius 1 is 1.32 bits per heavy atom. The summed E-state index contributed by atoms with van der Waals surface area (Å²) in [5.74, 6) is -0.400. The predicted octanol–water partition coefficient (Wildman–Crippen LogP) is 1.65. The van der Waals surface area contributed by atoms with Gasteiger partial charge >= 0.3 is 5.97 Å². The lowest BCUT2D eigenvalue weighted by Gasteiger charge is -2.12. The van der Waals surface area contributed by atoms with E-state index in [4.69, 9.17) is 5.11 Å². The molecule has 0 aliphatic heterocycles. The number of hydrogen-bond acceptors (Lipinski definition) is 3. The standard InChI is InChI=1S/C14H17NO3S/c16-13(8-19-9-14(17)18)15-7-11-6-5-10-3-1-2-4-12(10)11/h1-4,11H,5-9H2,(H,15,16)(H,17,18). The van der Waals surface area contributed by atoms with Crippen LogP contribution in [0.15, 0.2) is 24.3 Å². The zero-order valence-corrected chi connectivity index (χ0v) is 11.4. The summed E-state index contributed by atoms with van der Waals surface area (Å²) < 4.78 is 0. The highest BCUT2D eigenvalue weighted by atomic mass is 32.2. The van der Waals surface area contributed by atoms with Gasteiger partial charge in [0, 0.05) is 12.5 Å². The maximum absolute atomic E-state index is 11.6. The molecule has 1 aliphatic rings. The van der Waals surface area contributed by atoms with Gasteiger partial charge in [0.25, 0.3) is 0 Å². The van der Waals surface area contributed by atoms with Crippen molar-refractivity contribution in [3.63, 3.8) is 0 Å². The van der Waals surface area contributed by atoms with Crippen LogP contribution >= 0.6 is 11.8 Å². The smallest absolute Gasteiger partial charge is 0.313 e. The number of hydrogen-bond donors (Lipinski definition) is 2. The molecule has 0 saturated carbocycles. The van der Waals surface area contributed by atoms with Crippen molar-refractivity contribution in [3.8, 4) is 0 Å². The molecule has 5 heteroatoms. The van der Waals surface area contributed by atoms with E-state index in [1.165, 1.54) is 11.1 Å². The van der Waals surface area contributed by atoms with Gasteiger partial charge in [-0.3, -0.25) is 9.59 Å². The Hall–Kier alpha value is -1.49. The molecule has 0 heterocycles. The largest absolute Gasteiger partial charge is 0.481 e. The summed E-state index contributed by atoms with van der Waals surface area (Å²) in [7, 11) is 0. The van der Waals surface area contributed by atoms with Gasteiger partial charge in [-0.1, -0.05) is 24.3 Å². The predicted molar refractivity (Wildman–Crippen MR) is 75.5 cm³/mol. The van der Waals surface area contributed by atoms with Crippen LogP contribution in [-0.4, -0.2) is 35.0 Å². The molecule has 1 aromatic carbocycles. The molecule has 0 bridgehead atoms. The van der Waals surface area contributed by atoms with E-state index < -0.39 is 5.97 Å². The molecular formula is C14H17NO3S. The number of carboxylic acid groups (broad SMARTS) is 1. The number of thioether (sulfide) groups is 1. The number of carbonyl (C=O) groups excluding carboxylic acids is 1. The monoisotopic (exact) mass is 279 g/mol. The van der Waals surface area contributed by atoms with E-state index >= 15 is 0 Å². The average molecular weight is 279 g/mol. The van der Waals surface area contributed by atoms with Crippen molar-refractivity contribution < 1.29 is 14.7 Å². The molecule has 1 aromatic rings. The van der Waals surface area contributed by atoms with Gasteiger partial charge in [-0.2, -0.15) is 0 Å². The van der Waals surface area contributed by atoms with Crippen LogP contribution in [0.25, 0.3) is 0 Å². The summed E-state index contributed by atoms with van der Waals surface area (Å²) in [6.07, 6.45) is 2.15. The van der Waals surface area contributed by atoms with Gasteiger partial charge in [-0.25, -0.2) is 0 Å². The van der Waals surface area contributed by atoms with Gasteiger partial charge in [0.2, 0.25) is 5.91 Å². The third-order valence-corrected chi connectivity index (χ3v) is 4.18. The fraction of sp³-hybridized carbons (Fsp3) is 0.429. The number of carbonyl (C=O) groups is 2. The summed E-state index contributed by atoms with van der Waals surface area (Å²) in [5, 5.41) is 11.4. The van der Waals surface area contributed by atoms with Crippen molar-refractivity contribution >= 4 is 23.6 Å². The first-order valence-electron chi connectivity index (χ1n) is 6.31. The van der Waals surface area contributed by atoms with E-state index in [9.17, 15) is 9.59 Å². The molecule has 1 amide bonds. The third-order valence-electron chi connectivity index (χ3n) is 3.26. The number of rotatable bonds is 6. The van der Waals surface area contributed by atoms with Crippen molar-refractivity contribution in [2.24, 2.45) is 0 Å². The lowest BCUT2D eigenvalue weighted by atomic mass is 10.0. The Morgan fingerprint density at radius 2 is 2.11 bits per heavy atom. The van der Waals surface area contributed by atoms with Crippen molar-refractivity contribution in [3.05, 3.63) is 35.4 Å². The van der Waals surface area contributed by atoms with Crippen LogP contribution in [-0.2, 0) is 16.0 Å². The minimum atomic E-state index is -0.887. The van der Waals surface area contributed by atoms with E-state index in [-0.39, 0.29) is 17.4 Å². The molecular weight excluding hydrogens is 262 g/mol. The Morgan fingerprint density at radius 3 is 2.89 bits per heavy atom. The molecule has 1 aliphatic carbocycles. The van der Waals surface area contributed by atoms with Crippen LogP contribution in [0.4, 0.5) is 0 Å². The first kappa shape index (κ1) is 13.9. The van der Waals surface area contributed by atoms with E-state index in [1.54, 1.807) is 0 Å². The minimum Gasteiger partial charge on any atom is -0.481 e. The summed E-state index contributed by atoms with van der Waals surface area (Å²) in [5.41, 5.74) is 2.71. The highest BCUT2D eigenvalue weighted by Gasteiger charge is 2.21. The lowest BCUT2D eigenvalue weighted by molar-refractivity contribution is -0.133. The maximum Gasteiger partial charge on any atom is 0.313 e. The first-order chi connectivity index (χ1) is 9.16. The Kier molecular flexibility index (Phi) is 4.85. The van der Waals surface area contributed by atoms with Gasteiger partial charge in [-0.15, -0.1) is 11.8 Å². The van der Waals surface area contributed by atoms with Crippen molar-refractivity contribution in [2.75, 3.05) is 18.1 Å². The zero-order valence-electron chi connectivity index (χ0n) is 10.6. The molecule has 0 saturated heterocycles. The third kappa shape index (κ3) is 3.99. The average Bonchev–Trinajstić information content (AvgIpc) is 2.79. The normalized spacial score (nSPS) is 16.9. The topological polar surface area (TPSA) is 66.4 Å². The second-order valence-electron chi connectivity index (χ2n) is 4.63. The van der Waals surface area contributed by atoms with E-state index in [0.29, 0.717) is 12.5 Å². The summed E-state index contributed by atoms with van der Waals surface area (Å²) >= 11 is 1.13. The fourth-order valence-electron chi connectivity index (χ4n) is 2.38. The molecule has 4 nitrogen and oxygen atoms in total. The molecule has 1 atom stereocenters. The Balaban J connectivity index is 1.75. The Bertz CT molecular complexity index is 476. The number of nitrogens with one attached hydrogen (secondary N) is 1. The number of carboxylic acids is 1. The van der Waals surface area contributed by atoms with Crippen LogP contribution in [0.1, 0.15) is 23.5 Å². The van der Waals surface area contributed by atoms with Gasteiger partial charge < -0.3 is 10.4 Å². The lowest BCUT2D eigenvalue weighted by Crippen LogP contribution is -2.29. The SMILES string of the molecule is O=C(O)CSCC(=O)NCC1CCc2ccccc21. The molecule has 1 unspecified atom stereocenters. The van der Waals surface area contributed by atoms with Crippen molar-refractivity contribution in [2.45, 2.75) is 18.8 Å². The highest BCUT2D eigenvalue weighted by molar-refractivity contribution is 8.00. The fourth-order valence-corrected chi connectivity index (χ4v) is 2.94. The molecule has 102 valence electrons. The molecule has 0 spiro atoms. The minimum absolute atomic E-state index is 0.0281. The van der Waals surface area contributed by atoms with E-state index in [2.05, 4.69) is 17.4 Å². The van der Waals surface area contributed by atoms with Gasteiger partial charge in [0.15, 0.2) is 0 Å². The molecule has 0 aromatic heterocycles. The quantitative estimate of drug-likeness (QED) is 0.831. The summed E-state index contributed by atoms with van der Waals surface area (Å²) in [4.78, 5) is 21.9.